The molecule has 1 N–H and O–H groups in total. The van der Waals surface area contributed by atoms with Crippen molar-refractivity contribution in [1.82, 2.24) is 9.03 Å². The number of rotatable bonds is 9. The zero-order valence-corrected chi connectivity index (χ0v) is 18.0. The van der Waals surface area contributed by atoms with E-state index in [1.54, 1.807) is 19.1 Å². The van der Waals surface area contributed by atoms with Crippen LogP contribution in [0.4, 0.5) is 4.39 Å². The van der Waals surface area contributed by atoms with E-state index in [1.165, 1.54) is 40.7 Å². The van der Waals surface area contributed by atoms with Gasteiger partial charge >= 0.3 is 0 Å². The summed E-state index contributed by atoms with van der Waals surface area (Å²) in [6, 6.07) is 10.7. The molecule has 1 aliphatic rings. The molecular weight excluding hydrogens is 415 g/mol. The Morgan fingerprint density at radius 3 is 2.07 bits per heavy atom. The zero-order valence-electron chi connectivity index (χ0n) is 16.4. The highest BCUT2D eigenvalue weighted by molar-refractivity contribution is 7.89. The summed E-state index contributed by atoms with van der Waals surface area (Å²) in [5, 5.41) is 0. The van der Waals surface area contributed by atoms with E-state index >= 15 is 0 Å². The minimum Gasteiger partial charge on any atom is -0.208 e. The van der Waals surface area contributed by atoms with Gasteiger partial charge in [-0.2, -0.15) is 4.31 Å². The van der Waals surface area contributed by atoms with Crippen LogP contribution in [0.1, 0.15) is 38.7 Å². The molecule has 0 aromatic heterocycles. The van der Waals surface area contributed by atoms with E-state index in [0.29, 0.717) is 12.0 Å². The standard InChI is InChI=1S/C20H25FN2O4S2/c1-3-15(2)22-28(24,25)19-10-12-20(13-11-19)29(26,27)23(18-8-9-18)14-16-4-6-17(21)7-5-16/h4-7,10-13,15,18,22H,3,8-9,14H2,1-2H3/t15-/m1/s1. The molecule has 0 spiro atoms. The van der Waals surface area contributed by atoms with Crippen LogP contribution < -0.4 is 4.72 Å². The fourth-order valence-corrected chi connectivity index (χ4v) is 5.89. The Morgan fingerprint density at radius 1 is 1.00 bits per heavy atom. The highest BCUT2D eigenvalue weighted by Crippen LogP contribution is 2.33. The monoisotopic (exact) mass is 440 g/mol. The number of nitrogens with one attached hydrogen (secondary N) is 1. The van der Waals surface area contributed by atoms with Gasteiger partial charge in [-0.15, -0.1) is 0 Å². The molecule has 0 heterocycles. The summed E-state index contributed by atoms with van der Waals surface area (Å²) in [7, 11) is -7.52. The predicted molar refractivity (Wildman–Crippen MR) is 109 cm³/mol. The Hall–Kier alpha value is -1.81. The summed E-state index contributed by atoms with van der Waals surface area (Å²) in [5.74, 6) is -0.377. The van der Waals surface area contributed by atoms with Crippen molar-refractivity contribution < 1.29 is 21.2 Å². The molecular formula is C20H25FN2O4S2. The maximum absolute atomic E-state index is 13.2. The molecule has 0 unspecified atom stereocenters. The van der Waals surface area contributed by atoms with Crippen molar-refractivity contribution in [2.75, 3.05) is 0 Å². The first kappa shape index (κ1) is 21.9. The maximum atomic E-state index is 13.2. The number of sulfonamides is 2. The van der Waals surface area contributed by atoms with E-state index < -0.39 is 20.0 Å². The van der Waals surface area contributed by atoms with Gasteiger partial charge in [0, 0.05) is 18.6 Å². The first-order chi connectivity index (χ1) is 13.6. The number of benzene rings is 2. The third-order valence-electron chi connectivity index (χ3n) is 4.92. The first-order valence-electron chi connectivity index (χ1n) is 9.52. The van der Waals surface area contributed by atoms with Gasteiger partial charge in [0.15, 0.2) is 0 Å². The predicted octanol–water partition coefficient (Wildman–Crippen LogP) is 3.26. The molecule has 2 aromatic carbocycles. The highest BCUT2D eigenvalue weighted by atomic mass is 32.2. The SMILES string of the molecule is CC[C@@H](C)NS(=O)(=O)c1ccc(S(=O)(=O)N(Cc2ccc(F)cc2)C2CC2)cc1. The van der Waals surface area contributed by atoms with E-state index in [1.807, 2.05) is 6.92 Å². The van der Waals surface area contributed by atoms with Gasteiger partial charge in [-0.25, -0.2) is 25.9 Å². The Balaban J connectivity index is 1.84. The van der Waals surface area contributed by atoms with Crippen molar-refractivity contribution in [2.24, 2.45) is 0 Å². The fourth-order valence-electron chi connectivity index (χ4n) is 2.89. The lowest BCUT2D eigenvalue weighted by atomic mass is 10.2. The smallest absolute Gasteiger partial charge is 0.208 e. The van der Waals surface area contributed by atoms with Crippen molar-refractivity contribution in [3.05, 3.63) is 59.9 Å². The highest BCUT2D eigenvalue weighted by Gasteiger charge is 2.38. The fraction of sp³-hybridized carbons (Fsp3) is 0.400. The van der Waals surface area contributed by atoms with Crippen LogP contribution in [0.25, 0.3) is 0 Å². The molecule has 158 valence electrons. The lowest BCUT2D eigenvalue weighted by Gasteiger charge is -2.22. The molecule has 3 rings (SSSR count). The van der Waals surface area contributed by atoms with Gasteiger partial charge in [-0.3, -0.25) is 0 Å². The third-order valence-corrected chi connectivity index (χ3v) is 8.43. The van der Waals surface area contributed by atoms with Crippen LogP contribution in [0, 0.1) is 5.82 Å². The molecule has 0 bridgehead atoms. The number of halogens is 1. The molecule has 1 fully saturated rings. The molecule has 1 atom stereocenters. The van der Waals surface area contributed by atoms with Crippen molar-refractivity contribution in [1.29, 1.82) is 0 Å². The van der Waals surface area contributed by atoms with Crippen molar-refractivity contribution in [3.63, 3.8) is 0 Å². The molecule has 6 nitrogen and oxygen atoms in total. The second kappa shape index (κ2) is 8.51. The molecule has 9 heteroatoms. The van der Waals surface area contributed by atoms with Crippen molar-refractivity contribution in [2.45, 2.75) is 61.5 Å². The van der Waals surface area contributed by atoms with Crippen molar-refractivity contribution >= 4 is 20.0 Å². The van der Waals surface area contributed by atoms with Gasteiger partial charge in [0.25, 0.3) is 0 Å². The van der Waals surface area contributed by atoms with Gasteiger partial charge in [0.05, 0.1) is 9.79 Å². The largest absolute Gasteiger partial charge is 0.243 e. The van der Waals surface area contributed by atoms with Crippen LogP contribution in [-0.4, -0.2) is 33.2 Å². The van der Waals surface area contributed by atoms with Crippen LogP contribution in [0.3, 0.4) is 0 Å². The van der Waals surface area contributed by atoms with E-state index in [4.69, 9.17) is 0 Å². The minimum atomic E-state index is -3.81. The van der Waals surface area contributed by atoms with E-state index in [0.717, 1.165) is 12.8 Å². The summed E-state index contributed by atoms with van der Waals surface area (Å²) in [5.41, 5.74) is 0.693. The van der Waals surface area contributed by atoms with Crippen LogP contribution in [0.15, 0.2) is 58.3 Å². The molecule has 0 aliphatic heterocycles. The van der Waals surface area contributed by atoms with E-state index in [2.05, 4.69) is 4.72 Å². The second-order valence-corrected chi connectivity index (χ2v) is 10.9. The lowest BCUT2D eigenvalue weighted by Crippen LogP contribution is -2.33. The summed E-state index contributed by atoms with van der Waals surface area (Å²) in [4.78, 5) is 0.0576. The number of hydrogen-bond donors (Lipinski definition) is 1. The lowest BCUT2D eigenvalue weighted by molar-refractivity contribution is 0.398. The van der Waals surface area contributed by atoms with E-state index in [9.17, 15) is 21.2 Å². The number of hydrogen-bond acceptors (Lipinski definition) is 4. The first-order valence-corrected chi connectivity index (χ1v) is 12.4. The van der Waals surface area contributed by atoms with Gasteiger partial charge in [-0.1, -0.05) is 19.1 Å². The van der Waals surface area contributed by atoms with Gasteiger partial charge in [0.2, 0.25) is 20.0 Å². The van der Waals surface area contributed by atoms with Crippen molar-refractivity contribution in [3.8, 4) is 0 Å². The second-order valence-electron chi connectivity index (χ2n) is 7.31. The van der Waals surface area contributed by atoms with Crippen LogP contribution >= 0.6 is 0 Å². The van der Waals surface area contributed by atoms with Crippen LogP contribution in [0.2, 0.25) is 0 Å². The van der Waals surface area contributed by atoms with Crippen LogP contribution in [-0.2, 0) is 26.6 Å². The Kier molecular flexibility index (Phi) is 6.42. The summed E-state index contributed by atoms with van der Waals surface area (Å²) >= 11 is 0. The van der Waals surface area contributed by atoms with Gasteiger partial charge < -0.3 is 0 Å². The molecule has 0 amide bonds. The third kappa shape index (κ3) is 5.22. The van der Waals surface area contributed by atoms with Gasteiger partial charge in [-0.05, 0) is 68.1 Å². The molecule has 2 aromatic rings. The Labute approximate surface area is 171 Å². The molecule has 0 saturated heterocycles. The summed E-state index contributed by atoms with van der Waals surface area (Å²) < 4.78 is 68.2. The molecule has 1 saturated carbocycles. The van der Waals surface area contributed by atoms with Gasteiger partial charge in [0.1, 0.15) is 5.82 Å². The maximum Gasteiger partial charge on any atom is 0.243 e. The number of nitrogens with zero attached hydrogens (tertiary/aromatic N) is 1. The normalized spacial score (nSPS) is 16.1. The Morgan fingerprint density at radius 2 is 1.55 bits per heavy atom. The molecule has 1 aliphatic carbocycles. The minimum absolute atomic E-state index is 0.0215. The molecule has 0 radical (unpaired) electrons. The Bertz CT molecular complexity index is 1050. The summed E-state index contributed by atoms with van der Waals surface area (Å²) in [6.07, 6.45) is 2.18. The quantitative estimate of drug-likeness (QED) is 0.649. The topological polar surface area (TPSA) is 83.5 Å². The van der Waals surface area contributed by atoms with Crippen LogP contribution in [0.5, 0.6) is 0 Å². The zero-order chi connectivity index (χ0) is 21.2. The molecule has 29 heavy (non-hydrogen) atoms. The van der Waals surface area contributed by atoms with E-state index in [-0.39, 0.29) is 34.2 Å². The summed E-state index contributed by atoms with van der Waals surface area (Å²) in [6.45, 7) is 3.78. The average Bonchev–Trinajstić information content (AvgIpc) is 3.52. The average molecular weight is 441 g/mol.